The minimum Gasteiger partial charge on any atom is -0.355 e. The number of carbonyl (C=O) groups is 2. The Morgan fingerprint density at radius 2 is 1.89 bits per heavy atom. The molecule has 3 N–H and O–H groups in total. The molecular formula is C14H21N3O2. The van der Waals surface area contributed by atoms with Crippen molar-refractivity contribution < 1.29 is 9.59 Å². The molecule has 0 fully saturated rings. The fraction of sp³-hybridized carbons (Fsp3) is 0.429. The molecule has 0 unspecified atom stereocenters. The first-order valence-corrected chi connectivity index (χ1v) is 6.40. The van der Waals surface area contributed by atoms with Crippen LogP contribution in [0.2, 0.25) is 0 Å². The molecule has 19 heavy (non-hydrogen) atoms. The van der Waals surface area contributed by atoms with Gasteiger partial charge in [-0.15, -0.1) is 0 Å². The van der Waals surface area contributed by atoms with Crippen molar-refractivity contribution in [3.8, 4) is 0 Å². The van der Waals surface area contributed by atoms with Crippen LogP contribution in [0.1, 0.15) is 30.6 Å². The summed E-state index contributed by atoms with van der Waals surface area (Å²) in [6.45, 7) is 4.81. The van der Waals surface area contributed by atoms with Gasteiger partial charge in [-0.2, -0.15) is 0 Å². The number of anilines is 1. The number of para-hydroxylation sites is 1. The Morgan fingerprint density at radius 3 is 2.53 bits per heavy atom. The van der Waals surface area contributed by atoms with Crippen molar-refractivity contribution >= 4 is 17.6 Å². The first kappa shape index (κ1) is 15.0. The Kier molecular flexibility index (Phi) is 5.85. The highest BCUT2D eigenvalue weighted by Crippen LogP contribution is 2.14. The molecule has 0 aliphatic rings. The van der Waals surface area contributed by atoms with Gasteiger partial charge in [-0.1, -0.05) is 26.0 Å². The highest BCUT2D eigenvalue weighted by Gasteiger charge is 2.11. The summed E-state index contributed by atoms with van der Waals surface area (Å²) in [4.78, 5) is 23.3. The van der Waals surface area contributed by atoms with Crippen molar-refractivity contribution in [2.24, 2.45) is 5.92 Å². The minimum atomic E-state index is -0.294. The molecule has 5 heteroatoms. The fourth-order valence-electron chi connectivity index (χ4n) is 1.57. The van der Waals surface area contributed by atoms with Gasteiger partial charge in [-0.3, -0.25) is 4.79 Å². The van der Waals surface area contributed by atoms with Gasteiger partial charge in [0.1, 0.15) is 0 Å². The third-order valence-corrected chi connectivity index (χ3v) is 2.65. The molecule has 0 aliphatic heterocycles. The van der Waals surface area contributed by atoms with E-state index in [1.807, 2.05) is 0 Å². The SMILES string of the molecule is CNC(=O)c1ccccc1NC(=O)NCCC(C)C. The molecule has 1 aromatic rings. The van der Waals surface area contributed by atoms with Crippen molar-refractivity contribution in [1.82, 2.24) is 10.6 Å². The highest BCUT2D eigenvalue weighted by molar-refractivity contribution is 6.03. The van der Waals surface area contributed by atoms with Gasteiger partial charge in [0, 0.05) is 13.6 Å². The number of hydrogen-bond acceptors (Lipinski definition) is 2. The van der Waals surface area contributed by atoms with Gasteiger partial charge in [-0.25, -0.2) is 4.79 Å². The molecular weight excluding hydrogens is 242 g/mol. The van der Waals surface area contributed by atoms with Crippen LogP contribution in [0.25, 0.3) is 0 Å². The topological polar surface area (TPSA) is 70.2 Å². The number of amides is 3. The molecule has 0 saturated carbocycles. The Hall–Kier alpha value is -2.04. The summed E-state index contributed by atoms with van der Waals surface area (Å²) in [7, 11) is 1.56. The summed E-state index contributed by atoms with van der Waals surface area (Å²) in [6, 6.07) is 6.61. The van der Waals surface area contributed by atoms with Crippen LogP contribution in [0, 0.1) is 5.92 Å². The Labute approximate surface area is 113 Å². The Balaban J connectivity index is 2.61. The summed E-state index contributed by atoms with van der Waals surface area (Å²) in [5.41, 5.74) is 0.952. The number of rotatable bonds is 5. The van der Waals surface area contributed by atoms with E-state index in [0.717, 1.165) is 6.42 Å². The molecule has 0 aliphatic carbocycles. The number of benzene rings is 1. The normalized spacial score (nSPS) is 10.1. The van der Waals surface area contributed by atoms with Gasteiger partial charge in [0.2, 0.25) is 0 Å². The van der Waals surface area contributed by atoms with Crippen LogP contribution in [-0.2, 0) is 0 Å². The van der Waals surface area contributed by atoms with Crippen LogP contribution in [0.5, 0.6) is 0 Å². The average Bonchev–Trinajstić information content (AvgIpc) is 2.38. The molecule has 0 saturated heterocycles. The third-order valence-electron chi connectivity index (χ3n) is 2.65. The van der Waals surface area contributed by atoms with Crippen LogP contribution in [0.4, 0.5) is 10.5 Å². The molecule has 0 atom stereocenters. The first-order chi connectivity index (χ1) is 9.04. The van der Waals surface area contributed by atoms with Gasteiger partial charge in [0.25, 0.3) is 5.91 Å². The Bertz CT molecular complexity index is 444. The minimum absolute atomic E-state index is 0.224. The highest BCUT2D eigenvalue weighted by atomic mass is 16.2. The monoisotopic (exact) mass is 263 g/mol. The van der Waals surface area contributed by atoms with E-state index in [2.05, 4.69) is 29.8 Å². The second-order valence-corrected chi connectivity index (χ2v) is 4.69. The van der Waals surface area contributed by atoms with Crippen molar-refractivity contribution in [2.75, 3.05) is 18.9 Å². The zero-order valence-corrected chi connectivity index (χ0v) is 11.6. The largest absolute Gasteiger partial charge is 0.355 e. The third kappa shape index (κ3) is 4.99. The summed E-state index contributed by atoms with van der Waals surface area (Å²) in [5.74, 6) is 0.316. The first-order valence-electron chi connectivity index (χ1n) is 6.40. The molecule has 1 rings (SSSR count). The van der Waals surface area contributed by atoms with Crippen molar-refractivity contribution in [3.63, 3.8) is 0 Å². The standard InChI is InChI=1S/C14H21N3O2/c1-10(2)8-9-16-14(19)17-12-7-5-4-6-11(12)13(18)15-3/h4-7,10H,8-9H2,1-3H3,(H,15,18)(H2,16,17,19). The summed E-state index contributed by atoms with van der Waals surface area (Å²) < 4.78 is 0. The maximum atomic E-state index is 11.7. The maximum absolute atomic E-state index is 11.7. The fourth-order valence-corrected chi connectivity index (χ4v) is 1.57. The van der Waals surface area contributed by atoms with Gasteiger partial charge in [0.05, 0.1) is 11.3 Å². The lowest BCUT2D eigenvalue weighted by Gasteiger charge is -2.11. The van der Waals surface area contributed by atoms with E-state index in [-0.39, 0.29) is 11.9 Å². The van der Waals surface area contributed by atoms with Crippen LogP contribution in [0.3, 0.4) is 0 Å². The smallest absolute Gasteiger partial charge is 0.319 e. The molecule has 3 amide bonds. The van der Waals surface area contributed by atoms with E-state index < -0.39 is 0 Å². The van der Waals surface area contributed by atoms with E-state index in [1.54, 1.807) is 31.3 Å². The van der Waals surface area contributed by atoms with E-state index in [0.29, 0.717) is 23.7 Å². The van der Waals surface area contributed by atoms with E-state index in [1.165, 1.54) is 0 Å². The second kappa shape index (κ2) is 7.41. The summed E-state index contributed by atoms with van der Waals surface area (Å²) in [5, 5.41) is 8.00. The predicted octanol–water partition coefficient (Wildman–Crippen LogP) is 2.21. The Morgan fingerprint density at radius 1 is 1.21 bits per heavy atom. The van der Waals surface area contributed by atoms with Crippen LogP contribution >= 0.6 is 0 Å². The summed E-state index contributed by atoms with van der Waals surface area (Å²) >= 11 is 0. The average molecular weight is 263 g/mol. The van der Waals surface area contributed by atoms with Crippen LogP contribution in [0.15, 0.2) is 24.3 Å². The lowest BCUT2D eigenvalue weighted by atomic mass is 10.1. The lowest BCUT2D eigenvalue weighted by Crippen LogP contribution is -2.31. The molecule has 0 radical (unpaired) electrons. The van der Waals surface area contributed by atoms with E-state index in [4.69, 9.17) is 0 Å². The second-order valence-electron chi connectivity index (χ2n) is 4.69. The molecule has 0 aromatic heterocycles. The zero-order chi connectivity index (χ0) is 14.3. The zero-order valence-electron chi connectivity index (χ0n) is 11.6. The quantitative estimate of drug-likeness (QED) is 0.762. The van der Waals surface area contributed by atoms with Crippen molar-refractivity contribution in [2.45, 2.75) is 20.3 Å². The van der Waals surface area contributed by atoms with Crippen LogP contribution < -0.4 is 16.0 Å². The molecule has 0 spiro atoms. The lowest BCUT2D eigenvalue weighted by molar-refractivity contribution is 0.0964. The van der Waals surface area contributed by atoms with Gasteiger partial charge >= 0.3 is 6.03 Å². The van der Waals surface area contributed by atoms with Gasteiger partial charge < -0.3 is 16.0 Å². The van der Waals surface area contributed by atoms with E-state index >= 15 is 0 Å². The summed E-state index contributed by atoms with van der Waals surface area (Å²) in [6.07, 6.45) is 0.921. The molecule has 5 nitrogen and oxygen atoms in total. The maximum Gasteiger partial charge on any atom is 0.319 e. The van der Waals surface area contributed by atoms with Crippen molar-refractivity contribution in [3.05, 3.63) is 29.8 Å². The molecule has 0 bridgehead atoms. The molecule has 104 valence electrons. The number of carbonyl (C=O) groups excluding carboxylic acids is 2. The molecule has 0 heterocycles. The predicted molar refractivity (Wildman–Crippen MR) is 76.3 cm³/mol. The van der Waals surface area contributed by atoms with Crippen LogP contribution in [-0.4, -0.2) is 25.5 Å². The number of nitrogens with one attached hydrogen (secondary N) is 3. The van der Waals surface area contributed by atoms with Crippen molar-refractivity contribution in [1.29, 1.82) is 0 Å². The van der Waals surface area contributed by atoms with Gasteiger partial charge in [0.15, 0.2) is 0 Å². The van der Waals surface area contributed by atoms with Gasteiger partial charge in [-0.05, 0) is 24.5 Å². The number of hydrogen-bond donors (Lipinski definition) is 3. The number of urea groups is 1. The molecule has 1 aromatic carbocycles. The van der Waals surface area contributed by atoms with E-state index in [9.17, 15) is 9.59 Å².